The van der Waals surface area contributed by atoms with E-state index in [1.54, 1.807) is 16.8 Å². The Morgan fingerprint density at radius 1 is 1.21 bits per heavy atom. The fraction of sp³-hybridized carbons (Fsp3) is 0.188. The first-order chi connectivity index (χ1) is 11.6. The minimum Gasteiger partial charge on any atom is -0.258 e. The molecule has 3 aromatic rings. The SMILES string of the molecule is Cc1ccccc1-n1nnnc1S[C@H](C)c1cccc([N+](=O)[O-])c1. The van der Waals surface area contributed by atoms with Crippen LogP contribution in [0.3, 0.4) is 0 Å². The highest BCUT2D eigenvalue weighted by Gasteiger charge is 2.17. The monoisotopic (exact) mass is 341 g/mol. The third-order valence-electron chi connectivity index (χ3n) is 3.62. The Kier molecular flexibility index (Phi) is 4.57. The van der Waals surface area contributed by atoms with E-state index in [0.717, 1.165) is 16.8 Å². The zero-order valence-corrected chi connectivity index (χ0v) is 14.0. The molecule has 0 aliphatic carbocycles. The van der Waals surface area contributed by atoms with Gasteiger partial charge in [0.25, 0.3) is 5.69 Å². The average molecular weight is 341 g/mol. The predicted molar refractivity (Wildman–Crippen MR) is 91.3 cm³/mol. The molecule has 122 valence electrons. The molecule has 3 rings (SSSR count). The molecule has 0 unspecified atom stereocenters. The van der Waals surface area contributed by atoms with E-state index < -0.39 is 4.92 Å². The van der Waals surface area contributed by atoms with E-state index in [1.807, 2.05) is 44.2 Å². The summed E-state index contributed by atoms with van der Waals surface area (Å²) >= 11 is 1.46. The van der Waals surface area contributed by atoms with Crippen molar-refractivity contribution in [3.05, 3.63) is 69.8 Å². The molecule has 0 saturated heterocycles. The maximum atomic E-state index is 10.9. The van der Waals surface area contributed by atoms with Gasteiger partial charge in [-0.05, 0) is 41.5 Å². The highest BCUT2D eigenvalue weighted by Crippen LogP contribution is 2.35. The molecule has 2 aromatic carbocycles. The third-order valence-corrected chi connectivity index (χ3v) is 4.71. The Morgan fingerprint density at radius 2 is 2.00 bits per heavy atom. The number of benzene rings is 2. The zero-order valence-electron chi connectivity index (χ0n) is 13.2. The van der Waals surface area contributed by atoms with Crippen molar-refractivity contribution in [3.63, 3.8) is 0 Å². The average Bonchev–Trinajstić information content (AvgIpc) is 3.03. The number of nitrogens with zero attached hydrogens (tertiary/aromatic N) is 5. The van der Waals surface area contributed by atoms with E-state index in [-0.39, 0.29) is 10.9 Å². The van der Waals surface area contributed by atoms with Crippen molar-refractivity contribution < 1.29 is 4.92 Å². The quantitative estimate of drug-likeness (QED) is 0.399. The van der Waals surface area contributed by atoms with Gasteiger partial charge in [0, 0.05) is 17.4 Å². The highest BCUT2D eigenvalue weighted by molar-refractivity contribution is 7.99. The number of aryl methyl sites for hydroxylation is 1. The van der Waals surface area contributed by atoms with Crippen molar-refractivity contribution in [3.8, 4) is 5.69 Å². The van der Waals surface area contributed by atoms with E-state index in [4.69, 9.17) is 0 Å². The van der Waals surface area contributed by atoms with Crippen molar-refractivity contribution in [2.24, 2.45) is 0 Å². The molecule has 0 fully saturated rings. The van der Waals surface area contributed by atoms with Gasteiger partial charge in [0.15, 0.2) is 0 Å². The molecule has 7 nitrogen and oxygen atoms in total. The summed E-state index contributed by atoms with van der Waals surface area (Å²) in [5.74, 6) is 0. The maximum absolute atomic E-state index is 10.9. The van der Waals surface area contributed by atoms with Crippen LogP contribution in [0.5, 0.6) is 0 Å². The zero-order chi connectivity index (χ0) is 17.1. The molecule has 0 amide bonds. The highest BCUT2D eigenvalue weighted by atomic mass is 32.2. The van der Waals surface area contributed by atoms with Crippen LogP contribution in [0, 0.1) is 17.0 Å². The van der Waals surface area contributed by atoms with Gasteiger partial charge in [-0.3, -0.25) is 10.1 Å². The summed E-state index contributed by atoms with van der Waals surface area (Å²) in [6.07, 6.45) is 0. The van der Waals surface area contributed by atoms with Gasteiger partial charge in [-0.2, -0.15) is 4.68 Å². The molecule has 24 heavy (non-hydrogen) atoms. The lowest BCUT2D eigenvalue weighted by Crippen LogP contribution is -2.02. The largest absolute Gasteiger partial charge is 0.269 e. The van der Waals surface area contributed by atoms with Gasteiger partial charge in [-0.1, -0.05) is 42.1 Å². The molecule has 8 heteroatoms. The number of hydrogen-bond donors (Lipinski definition) is 0. The number of para-hydroxylation sites is 1. The van der Waals surface area contributed by atoms with Gasteiger partial charge in [0.1, 0.15) is 0 Å². The Hall–Kier alpha value is -2.74. The maximum Gasteiger partial charge on any atom is 0.269 e. The Balaban J connectivity index is 1.88. The lowest BCUT2D eigenvalue weighted by Gasteiger charge is -2.12. The minimum absolute atomic E-state index is 0.0290. The summed E-state index contributed by atoms with van der Waals surface area (Å²) in [5, 5.41) is 23.5. The number of aromatic nitrogens is 4. The molecule has 0 aliphatic rings. The molecule has 1 atom stereocenters. The molecule has 1 heterocycles. The van der Waals surface area contributed by atoms with Crippen LogP contribution in [-0.2, 0) is 0 Å². The number of hydrogen-bond acceptors (Lipinski definition) is 6. The summed E-state index contributed by atoms with van der Waals surface area (Å²) in [6, 6.07) is 14.5. The molecular formula is C16H15N5O2S. The van der Waals surface area contributed by atoms with Gasteiger partial charge >= 0.3 is 0 Å². The number of non-ortho nitro benzene ring substituents is 1. The standard InChI is InChI=1S/C16H15N5O2S/c1-11-6-3-4-9-15(11)20-16(17-18-19-20)24-12(2)13-7-5-8-14(10-13)21(22)23/h3-10,12H,1-2H3/t12-/m1/s1. The fourth-order valence-electron chi connectivity index (χ4n) is 2.32. The summed E-state index contributed by atoms with van der Waals surface area (Å²) in [7, 11) is 0. The van der Waals surface area contributed by atoms with Gasteiger partial charge in [-0.25, -0.2) is 0 Å². The topological polar surface area (TPSA) is 86.7 Å². The smallest absolute Gasteiger partial charge is 0.258 e. The summed E-state index contributed by atoms with van der Waals surface area (Å²) in [6.45, 7) is 3.97. The van der Waals surface area contributed by atoms with E-state index in [0.29, 0.717) is 5.16 Å². The predicted octanol–water partition coefficient (Wildman–Crippen LogP) is 3.73. The van der Waals surface area contributed by atoms with Crippen LogP contribution in [0.15, 0.2) is 53.7 Å². The van der Waals surface area contributed by atoms with Gasteiger partial charge < -0.3 is 0 Å². The minimum atomic E-state index is -0.391. The van der Waals surface area contributed by atoms with Crippen LogP contribution in [0.25, 0.3) is 5.69 Å². The molecule has 0 spiro atoms. The second-order valence-electron chi connectivity index (χ2n) is 5.27. The van der Waals surface area contributed by atoms with Crippen molar-refractivity contribution in [1.29, 1.82) is 0 Å². The molecule has 0 bridgehead atoms. The van der Waals surface area contributed by atoms with Crippen LogP contribution in [0.2, 0.25) is 0 Å². The molecular weight excluding hydrogens is 326 g/mol. The second kappa shape index (κ2) is 6.79. The third kappa shape index (κ3) is 3.28. The molecule has 0 aliphatic heterocycles. The van der Waals surface area contributed by atoms with Gasteiger partial charge in [-0.15, -0.1) is 5.10 Å². The lowest BCUT2D eigenvalue weighted by molar-refractivity contribution is -0.384. The number of nitro groups is 1. The first-order valence-electron chi connectivity index (χ1n) is 7.31. The molecule has 0 N–H and O–H groups in total. The first kappa shape index (κ1) is 16.1. The molecule has 1 aromatic heterocycles. The summed E-state index contributed by atoms with van der Waals surface area (Å²) in [5.41, 5.74) is 2.91. The Labute approximate surface area is 142 Å². The van der Waals surface area contributed by atoms with Gasteiger partial charge in [0.2, 0.25) is 5.16 Å². The van der Waals surface area contributed by atoms with Crippen molar-refractivity contribution in [1.82, 2.24) is 20.2 Å². The second-order valence-corrected chi connectivity index (χ2v) is 6.58. The number of nitro benzene ring substituents is 1. The number of thioether (sulfide) groups is 1. The Bertz CT molecular complexity index is 880. The lowest BCUT2D eigenvalue weighted by atomic mass is 10.1. The van der Waals surface area contributed by atoms with E-state index in [1.165, 1.54) is 17.8 Å². The van der Waals surface area contributed by atoms with Crippen LogP contribution >= 0.6 is 11.8 Å². The fourth-order valence-corrected chi connectivity index (χ4v) is 3.24. The van der Waals surface area contributed by atoms with E-state index in [9.17, 15) is 10.1 Å². The number of tetrazole rings is 1. The number of rotatable bonds is 5. The van der Waals surface area contributed by atoms with Crippen molar-refractivity contribution in [2.75, 3.05) is 0 Å². The Morgan fingerprint density at radius 3 is 2.75 bits per heavy atom. The van der Waals surface area contributed by atoms with Crippen molar-refractivity contribution >= 4 is 17.4 Å². The molecule has 0 radical (unpaired) electrons. The van der Waals surface area contributed by atoms with Crippen LogP contribution in [0.1, 0.15) is 23.3 Å². The van der Waals surface area contributed by atoms with Crippen LogP contribution < -0.4 is 0 Å². The first-order valence-corrected chi connectivity index (χ1v) is 8.19. The summed E-state index contributed by atoms with van der Waals surface area (Å²) < 4.78 is 1.69. The normalized spacial score (nSPS) is 12.1. The molecule has 0 saturated carbocycles. The van der Waals surface area contributed by atoms with Crippen LogP contribution in [-0.4, -0.2) is 25.1 Å². The van der Waals surface area contributed by atoms with Crippen LogP contribution in [0.4, 0.5) is 5.69 Å². The van der Waals surface area contributed by atoms with Gasteiger partial charge in [0.05, 0.1) is 10.6 Å². The van der Waals surface area contributed by atoms with E-state index >= 15 is 0 Å². The van der Waals surface area contributed by atoms with E-state index in [2.05, 4.69) is 15.5 Å². The van der Waals surface area contributed by atoms with Crippen molar-refractivity contribution in [2.45, 2.75) is 24.3 Å². The summed E-state index contributed by atoms with van der Waals surface area (Å²) in [4.78, 5) is 10.5.